The molecule has 0 aromatic heterocycles. The fourth-order valence-electron chi connectivity index (χ4n) is 9.77. The van der Waals surface area contributed by atoms with Gasteiger partial charge in [0.05, 0.1) is 32.0 Å². The maximum atomic E-state index is 13.1. The molecule has 446 valence electrons. The van der Waals surface area contributed by atoms with Crippen molar-refractivity contribution < 1.29 is 64.6 Å². The van der Waals surface area contributed by atoms with E-state index in [4.69, 9.17) is 18.9 Å². The number of hydrogen-bond acceptors (Lipinski definition) is 13. The second-order valence-corrected chi connectivity index (χ2v) is 21.5. The molecule has 2 rings (SSSR count). The fourth-order valence-corrected chi connectivity index (χ4v) is 9.77. The van der Waals surface area contributed by atoms with Gasteiger partial charge >= 0.3 is 0 Å². The molecular formula is C63H111NO13. The van der Waals surface area contributed by atoms with Crippen LogP contribution in [-0.4, -0.2) is 140 Å². The summed E-state index contributed by atoms with van der Waals surface area (Å²) >= 11 is 0. The summed E-state index contributed by atoms with van der Waals surface area (Å²) in [6.45, 7) is 2.60. The minimum absolute atomic E-state index is 0.215. The van der Waals surface area contributed by atoms with E-state index in [1.165, 1.54) is 109 Å². The number of nitrogens with one attached hydrogen (secondary N) is 1. The standard InChI is InChI=1S/C63H111NO13/c1-3-5-7-9-10-11-12-13-14-15-16-17-18-19-20-21-22-23-24-25-26-27-28-29-30-31-32-33-34-35-36-37-38-39-40-41-42-43-45-47-55(68)64-51(52(67)46-44-8-6-4-2)50-74-62-60(73)58(71)61(54(49-66)76-62)77-63-59(72)57(70)56(69)53(48-65)75-63/h5,7,10-11,13-14,16-17,19-20,22-23,51-54,56-63,65-67,69-73H,3-4,6,8-9,12,15,18,21,24-50H2,1-2H3,(H,64,68)/b7-5-,11-10-,14-13-,17-16-,20-19-,23-22-. The Balaban J connectivity index is 1.47. The Bertz CT molecular complexity index is 1570. The summed E-state index contributed by atoms with van der Waals surface area (Å²) in [6, 6.07) is -0.825. The third kappa shape index (κ3) is 33.7. The van der Waals surface area contributed by atoms with Gasteiger partial charge in [0.1, 0.15) is 48.8 Å². The molecule has 0 aliphatic carbocycles. The Kier molecular flexibility index (Phi) is 44.1. The first-order valence-corrected chi connectivity index (χ1v) is 30.7. The summed E-state index contributed by atoms with van der Waals surface area (Å²) in [4.78, 5) is 13.1. The SMILES string of the molecule is CC/C=C\C/C=C\C/C=C\C/C=C\C/C=C\C/C=C\CCCCCCCCCCCCCCCCCCCCCCC(=O)NC(COC1OC(CO)C(OC2OC(CO)C(O)C(O)C2O)C(O)C1O)C(O)CCCCCC. The molecule has 9 N–H and O–H groups in total. The largest absolute Gasteiger partial charge is 0.394 e. The molecule has 77 heavy (non-hydrogen) atoms. The molecule has 0 aromatic carbocycles. The van der Waals surface area contributed by atoms with Crippen LogP contribution in [0.25, 0.3) is 0 Å². The molecule has 0 radical (unpaired) electrons. The number of aliphatic hydroxyl groups excluding tert-OH is 8. The van der Waals surface area contributed by atoms with E-state index >= 15 is 0 Å². The highest BCUT2D eigenvalue weighted by molar-refractivity contribution is 5.76. The summed E-state index contributed by atoms with van der Waals surface area (Å²) in [7, 11) is 0. The molecule has 1 amide bonds. The number of carbonyl (C=O) groups is 1. The van der Waals surface area contributed by atoms with Gasteiger partial charge in [-0.25, -0.2) is 0 Å². The van der Waals surface area contributed by atoms with Crippen molar-refractivity contribution >= 4 is 5.91 Å². The highest BCUT2D eigenvalue weighted by Gasteiger charge is 2.51. The summed E-state index contributed by atoms with van der Waals surface area (Å²) in [5, 5.41) is 86.4. The lowest BCUT2D eigenvalue weighted by Gasteiger charge is -2.46. The van der Waals surface area contributed by atoms with Gasteiger partial charge < -0.3 is 65.1 Å². The van der Waals surface area contributed by atoms with Gasteiger partial charge in [0.15, 0.2) is 12.6 Å². The van der Waals surface area contributed by atoms with E-state index in [2.05, 4.69) is 92.1 Å². The van der Waals surface area contributed by atoms with Crippen LogP contribution in [0.1, 0.15) is 226 Å². The van der Waals surface area contributed by atoms with Crippen molar-refractivity contribution in [2.75, 3.05) is 19.8 Å². The molecule has 0 saturated carbocycles. The van der Waals surface area contributed by atoms with Crippen molar-refractivity contribution in [3.63, 3.8) is 0 Å². The zero-order chi connectivity index (χ0) is 56.0. The Hall–Kier alpha value is -2.57. The van der Waals surface area contributed by atoms with E-state index in [1.807, 2.05) is 0 Å². The van der Waals surface area contributed by atoms with E-state index < -0.39 is 86.8 Å². The molecule has 0 spiro atoms. The number of amides is 1. The molecule has 0 aromatic rings. The summed E-state index contributed by atoms with van der Waals surface area (Å²) in [5.74, 6) is -0.215. The molecule has 12 atom stereocenters. The number of ether oxygens (including phenoxy) is 4. The van der Waals surface area contributed by atoms with Crippen LogP contribution in [0.15, 0.2) is 72.9 Å². The van der Waals surface area contributed by atoms with Gasteiger partial charge in [-0.15, -0.1) is 0 Å². The third-order valence-electron chi connectivity index (χ3n) is 14.7. The molecule has 2 heterocycles. The zero-order valence-electron chi connectivity index (χ0n) is 47.9. The van der Waals surface area contributed by atoms with E-state index in [0.717, 1.165) is 89.9 Å². The first-order valence-electron chi connectivity index (χ1n) is 30.7. The fraction of sp³-hybridized carbons (Fsp3) is 0.794. The molecule has 14 nitrogen and oxygen atoms in total. The van der Waals surface area contributed by atoms with E-state index in [0.29, 0.717) is 12.8 Å². The van der Waals surface area contributed by atoms with Gasteiger partial charge in [0.2, 0.25) is 5.91 Å². The lowest BCUT2D eigenvalue weighted by Crippen LogP contribution is -2.65. The second-order valence-electron chi connectivity index (χ2n) is 21.5. The van der Waals surface area contributed by atoms with Crippen LogP contribution in [0.3, 0.4) is 0 Å². The lowest BCUT2D eigenvalue weighted by molar-refractivity contribution is -0.359. The number of carbonyl (C=O) groups excluding carboxylic acids is 1. The Morgan fingerprint density at radius 2 is 0.896 bits per heavy atom. The average molecular weight is 1090 g/mol. The third-order valence-corrected chi connectivity index (χ3v) is 14.7. The van der Waals surface area contributed by atoms with Gasteiger partial charge in [0, 0.05) is 6.42 Å². The smallest absolute Gasteiger partial charge is 0.220 e. The second kappa shape index (κ2) is 48.2. The molecule has 12 unspecified atom stereocenters. The highest BCUT2D eigenvalue weighted by atomic mass is 16.7. The predicted molar refractivity (Wildman–Crippen MR) is 309 cm³/mol. The summed E-state index contributed by atoms with van der Waals surface area (Å²) in [6.07, 6.45) is 47.5. The van der Waals surface area contributed by atoms with E-state index in [9.17, 15) is 45.6 Å². The van der Waals surface area contributed by atoms with Gasteiger partial charge in [0.25, 0.3) is 0 Å². The molecule has 2 fully saturated rings. The van der Waals surface area contributed by atoms with Gasteiger partial charge in [-0.05, 0) is 64.2 Å². The van der Waals surface area contributed by atoms with E-state index in [-0.39, 0.29) is 12.5 Å². The number of allylic oxidation sites excluding steroid dienone is 12. The van der Waals surface area contributed by atoms with E-state index in [1.54, 1.807) is 0 Å². The van der Waals surface area contributed by atoms with Crippen LogP contribution in [-0.2, 0) is 23.7 Å². The van der Waals surface area contributed by atoms with Crippen molar-refractivity contribution in [2.45, 2.75) is 299 Å². The van der Waals surface area contributed by atoms with Crippen molar-refractivity contribution in [3.8, 4) is 0 Å². The van der Waals surface area contributed by atoms with Gasteiger partial charge in [-0.3, -0.25) is 4.79 Å². The molecule has 2 aliphatic heterocycles. The maximum Gasteiger partial charge on any atom is 0.220 e. The summed E-state index contributed by atoms with van der Waals surface area (Å²) < 4.78 is 22.6. The number of rotatable bonds is 48. The minimum atomic E-state index is -1.78. The van der Waals surface area contributed by atoms with Gasteiger partial charge in [-0.2, -0.15) is 0 Å². The van der Waals surface area contributed by atoms with Crippen molar-refractivity contribution in [3.05, 3.63) is 72.9 Å². The van der Waals surface area contributed by atoms with Crippen molar-refractivity contribution in [1.29, 1.82) is 0 Å². The van der Waals surface area contributed by atoms with Crippen LogP contribution in [0.5, 0.6) is 0 Å². The molecule has 2 aliphatic rings. The predicted octanol–water partition coefficient (Wildman–Crippen LogP) is 10.7. The first-order chi connectivity index (χ1) is 37.6. The lowest BCUT2D eigenvalue weighted by atomic mass is 9.97. The Labute approximate surface area is 466 Å². The highest BCUT2D eigenvalue weighted by Crippen LogP contribution is 2.30. The zero-order valence-corrected chi connectivity index (χ0v) is 47.9. The van der Waals surface area contributed by atoms with Crippen molar-refractivity contribution in [2.24, 2.45) is 0 Å². The Morgan fingerprint density at radius 3 is 1.36 bits per heavy atom. The topological polar surface area (TPSA) is 228 Å². The molecule has 14 heteroatoms. The quantitative estimate of drug-likeness (QED) is 0.0204. The number of aliphatic hydroxyl groups is 8. The van der Waals surface area contributed by atoms with Crippen molar-refractivity contribution in [1.82, 2.24) is 5.32 Å². The normalized spacial score (nSPS) is 25.2. The minimum Gasteiger partial charge on any atom is -0.394 e. The van der Waals surface area contributed by atoms with Crippen LogP contribution in [0.4, 0.5) is 0 Å². The number of hydrogen-bond donors (Lipinski definition) is 9. The molecule has 2 saturated heterocycles. The van der Waals surface area contributed by atoms with Crippen LogP contribution in [0.2, 0.25) is 0 Å². The van der Waals surface area contributed by atoms with Crippen LogP contribution >= 0.6 is 0 Å². The first kappa shape index (κ1) is 70.5. The van der Waals surface area contributed by atoms with Crippen LogP contribution in [0, 0.1) is 0 Å². The Morgan fingerprint density at radius 1 is 0.481 bits per heavy atom. The average Bonchev–Trinajstić information content (AvgIpc) is 3.43. The molecular weight excluding hydrogens is 979 g/mol. The molecule has 0 bridgehead atoms. The monoisotopic (exact) mass is 1090 g/mol. The number of unbranched alkanes of at least 4 members (excludes halogenated alkanes) is 23. The van der Waals surface area contributed by atoms with Crippen LogP contribution < -0.4 is 5.32 Å². The summed E-state index contributed by atoms with van der Waals surface area (Å²) in [5.41, 5.74) is 0. The van der Waals surface area contributed by atoms with Gasteiger partial charge in [-0.1, -0.05) is 228 Å². The maximum absolute atomic E-state index is 13.1.